The van der Waals surface area contributed by atoms with Crippen molar-refractivity contribution in [3.05, 3.63) is 0 Å². The Labute approximate surface area is 118 Å². The molecule has 0 aromatic heterocycles. The molecule has 1 atom stereocenters. The highest BCUT2D eigenvalue weighted by molar-refractivity contribution is 5.83. The maximum atomic E-state index is 12.1. The Morgan fingerprint density at radius 1 is 1.11 bits per heavy atom. The second-order valence-corrected chi connectivity index (χ2v) is 5.64. The molecule has 0 N–H and O–H groups in total. The number of nitrogens with zero attached hydrogens (tertiary/aromatic N) is 1. The zero-order valence-electron chi connectivity index (χ0n) is 12.8. The topological polar surface area (TPSA) is 29.5 Å². The van der Waals surface area contributed by atoms with Crippen LogP contribution in [0.1, 0.15) is 65.2 Å². The predicted molar refractivity (Wildman–Crippen MR) is 79.5 cm³/mol. The quantitative estimate of drug-likeness (QED) is 0.569. The van der Waals surface area contributed by atoms with Crippen LogP contribution in [0.15, 0.2) is 0 Å². The first kappa shape index (κ1) is 16.6. The molecule has 1 heterocycles. The smallest absolute Gasteiger partial charge is 0.162 e. The van der Waals surface area contributed by atoms with Gasteiger partial charge in [0.1, 0.15) is 6.10 Å². The first-order valence-electron chi connectivity index (χ1n) is 8.14. The molecule has 1 fully saturated rings. The zero-order chi connectivity index (χ0) is 13.9. The van der Waals surface area contributed by atoms with Crippen molar-refractivity contribution >= 4 is 5.78 Å². The maximum Gasteiger partial charge on any atom is 0.162 e. The molecule has 3 nitrogen and oxygen atoms in total. The molecule has 0 aromatic rings. The molecule has 1 aliphatic heterocycles. The molecule has 0 aromatic carbocycles. The van der Waals surface area contributed by atoms with Gasteiger partial charge in [0.15, 0.2) is 5.78 Å². The van der Waals surface area contributed by atoms with E-state index in [0.717, 1.165) is 32.5 Å². The van der Waals surface area contributed by atoms with Gasteiger partial charge in [0.05, 0.1) is 6.61 Å². The van der Waals surface area contributed by atoms with Crippen molar-refractivity contribution in [2.75, 3.05) is 26.2 Å². The molecular formula is C16H31NO2. The Bertz CT molecular complexity index is 241. The average Bonchev–Trinajstić information content (AvgIpc) is 2.43. The lowest BCUT2D eigenvalue weighted by molar-refractivity contribution is -0.136. The highest BCUT2D eigenvalue weighted by Gasteiger charge is 2.25. The number of carbonyl (C=O) groups excluding carboxylic acids is 1. The van der Waals surface area contributed by atoms with Crippen LogP contribution in [0.2, 0.25) is 0 Å². The standard InChI is InChI=1S/C16H31NO2/c1-3-5-6-7-8-9-10-15(18)16-14-17(11-4-2)12-13-19-16/h16H,3-14H2,1-2H3. The second-order valence-electron chi connectivity index (χ2n) is 5.64. The lowest BCUT2D eigenvalue weighted by Crippen LogP contribution is -2.46. The molecule has 112 valence electrons. The van der Waals surface area contributed by atoms with E-state index >= 15 is 0 Å². The van der Waals surface area contributed by atoms with Gasteiger partial charge in [-0.1, -0.05) is 46.0 Å². The van der Waals surface area contributed by atoms with E-state index in [4.69, 9.17) is 4.74 Å². The molecule has 1 aliphatic rings. The third-order valence-corrected chi connectivity index (χ3v) is 3.83. The number of unbranched alkanes of at least 4 members (excludes halogenated alkanes) is 5. The minimum absolute atomic E-state index is 0.157. The van der Waals surface area contributed by atoms with Crippen LogP contribution in [0.4, 0.5) is 0 Å². The van der Waals surface area contributed by atoms with E-state index in [9.17, 15) is 4.79 Å². The van der Waals surface area contributed by atoms with Crippen LogP contribution in [-0.2, 0) is 9.53 Å². The van der Waals surface area contributed by atoms with E-state index in [1.165, 1.54) is 32.1 Å². The molecule has 19 heavy (non-hydrogen) atoms. The van der Waals surface area contributed by atoms with Gasteiger partial charge in [-0.2, -0.15) is 0 Å². The number of hydrogen-bond acceptors (Lipinski definition) is 3. The second kappa shape index (κ2) is 10.4. The van der Waals surface area contributed by atoms with Gasteiger partial charge in [-0.25, -0.2) is 0 Å². The molecule has 1 unspecified atom stereocenters. The van der Waals surface area contributed by atoms with Crippen molar-refractivity contribution in [1.29, 1.82) is 0 Å². The maximum absolute atomic E-state index is 12.1. The first-order valence-corrected chi connectivity index (χ1v) is 8.14. The molecule has 0 bridgehead atoms. The van der Waals surface area contributed by atoms with Crippen molar-refractivity contribution in [2.24, 2.45) is 0 Å². The molecule has 0 amide bonds. The van der Waals surface area contributed by atoms with E-state index in [1.54, 1.807) is 0 Å². The molecule has 0 radical (unpaired) electrons. The van der Waals surface area contributed by atoms with Crippen molar-refractivity contribution in [2.45, 2.75) is 71.3 Å². The van der Waals surface area contributed by atoms with Crippen LogP contribution < -0.4 is 0 Å². The third kappa shape index (κ3) is 7.07. The number of morpholine rings is 1. The molecule has 0 saturated carbocycles. The number of Topliss-reactive ketones (excluding diaryl/α,β-unsaturated/α-hetero) is 1. The monoisotopic (exact) mass is 269 g/mol. The summed E-state index contributed by atoms with van der Waals surface area (Å²) in [5, 5.41) is 0. The Morgan fingerprint density at radius 3 is 2.58 bits per heavy atom. The Morgan fingerprint density at radius 2 is 1.84 bits per heavy atom. The van der Waals surface area contributed by atoms with Crippen LogP contribution in [0.5, 0.6) is 0 Å². The molecular weight excluding hydrogens is 238 g/mol. The fraction of sp³-hybridized carbons (Fsp3) is 0.938. The van der Waals surface area contributed by atoms with Gasteiger partial charge in [0, 0.05) is 19.5 Å². The number of carbonyl (C=O) groups is 1. The molecule has 0 spiro atoms. The van der Waals surface area contributed by atoms with Crippen LogP contribution in [0.3, 0.4) is 0 Å². The average molecular weight is 269 g/mol. The Balaban J connectivity index is 2.11. The normalized spacial score (nSPS) is 20.6. The summed E-state index contributed by atoms with van der Waals surface area (Å²) in [6.45, 7) is 8.00. The van der Waals surface area contributed by atoms with Crippen molar-refractivity contribution in [3.63, 3.8) is 0 Å². The largest absolute Gasteiger partial charge is 0.368 e. The summed E-state index contributed by atoms with van der Waals surface area (Å²) in [7, 11) is 0. The number of hydrogen-bond donors (Lipinski definition) is 0. The third-order valence-electron chi connectivity index (χ3n) is 3.83. The Hall–Kier alpha value is -0.410. The van der Waals surface area contributed by atoms with Crippen molar-refractivity contribution in [3.8, 4) is 0 Å². The summed E-state index contributed by atoms with van der Waals surface area (Å²) in [6, 6.07) is 0. The summed E-state index contributed by atoms with van der Waals surface area (Å²) < 4.78 is 5.62. The van der Waals surface area contributed by atoms with E-state index in [0.29, 0.717) is 18.8 Å². The molecule has 3 heteroatoms. The highest BCUT2D eigenvalue weighted by Crippen LogP contribution is 2.12. The van der Waals surface area contributed by atoms with E-state index in [2.05, 4.69) is 18.7 Å². The summed E-state index contributed by atoms with van der Waals surface area (Å²) in [4.78, 5) is 14.4. The lowest BCUT2D eigenvalue weighted by atomic mass is 10.0. The summed E-state index contributed by atoms with van der Waals surface area (Å²) in [5.41, 5.74) is 0. The number of ether oxygens (including phenoxy) is 1. The lowest BCUT2D eigenvalue weighted by Gasteiger charge is -2.31. The molecule has 1 saturated heterocycles. The summed E-state index contributed by atoms with van der Waals surface area (Å²) >= 11 is 0. The van der Waals surface area contributed by atoms with Crippen molar-refractivity contribution in [1.82, 2.24) is 4.90 Å². The van der Waals surface area contributed by atoms with Crippen LogP contribution in [0, 0.1) is 0 Å². The van der Waals surface area contributed by atoms with Crippen molar-refractivity contribution < 1.29 is 9.53 Å². The van der Waals surface area contributed by atoms with Crippen LogP contribution in [0.25, 0.3) is 0 Å². The van der Waals surface area contributed by atoms with E-state index < -0.39 is 0 Å². The minimum Gasteiger partial charge on any atom is -0.368 e. The fourth-order valence-electron chi connectivity index (χ4n) is 2.66. The summed E-state index contributed by atoms with van der Waals surface area (Å²) in [6.07, 6.45) is 9.12. The van der Waals surface area contributed by atoms with Gasteiger partial charge in [-0.15, -0.1) is 0 Å². The SMILES string of the molecule is CCCCCCCCC(=O)C1CN(CCC)CCO1. The first-order chi connectivity index (χ1) is 9.27. The Kier molecular flexibility index (Phi) is 9.10. The molecule has 1 rings (SSSR count). The van der Waals surface area contributed by atoms with Gasteiger partial charge in [-0.05, 0) is 19.4 Å². The van der Waals surface area contributed by atoms with Gasteiger partial charge in [0.25, 0.3) is 0 Å². The summed E-state index contributed by atoms with van der Waals surface area (Å²) in [5.74, 6) is 0.316. The van der Waals surface area contributed by atoms with E-state index in [1.807, 2.05) is 0 Å². The van der Waals surface area contributed by atoms with Crippen LogP contribution >= 0.6 is 0 Å². The molecule has 0 aliphatic carbocycles. The highest BCUT2D eigenvalue weighted by atomic mass is 16.5. The number of rotatable bonds is 10. The predicted octanol–water partition coefficient (Wildman–Crippen LogP) is 3.42. The van der Waals surface area contributed by atoms with Gasteiger partial charge in [0.2, 0.25) is 0 Å². The van der Waals surface area contributed by atoms with E-state index in [-0.39, 0.29) is 6.10 Å². The zero-order valence-corrected chi connectivity index (χ0v) is 12.8. The van der Waals surface area contributed by atoms with Gasteiger partial charge < -0.3 is 4.74 Å². The fourth-order valence-corrected chi connectivity index (χ4v) is 2.66. The van der Waals surface area contributed by atoms with Gasteiger partial charge >= 0.3 is 0 Å². The minimum atomic E-state index is -0.157. The van der Waals surface area contributed by atoms with Gasteiger partial charge in [-0.3, -0.25) is 9.69 Å². The van der Waals surface area contributed by atoms with Crippen LogP contribution in [-0.4, -0.2) is 43.0 Å². The number of ketones is 1.